The minimum atomic E-state index is -0.435. The summed E-state index contributed by atoms with van der Waals surface area (Å²) < 4.78 is 11.5. The molecule has 0 atom stereocenters. The largest absolute Gasteiger partial charge is 0.440 e. The lowest BCUT2D eigenvalue weighted by Gasteiger charge is -2.12. The van der Waals surface area contributed by atoms with Crippen LogP contribution in [0.15, 0.2) is 41.8 Å². The predicted octanol–water partition coefficient (Wildman–Crippen LogP) is 2.18. The number of H-pyrrole nitrogens is 1. The normalized spacial score (nSPS) is 11.0. The van der Waals surface area contributed by atoms with Crippen molar-refractivity contribution in [3.8, 4) is 11.6 Å². The van der Waals surface area contributed by atoms with Gasteiger partial charge in [0.25, 0.3) is 5.91 Å². The van der Waals surface area contributed by atoms with Crippen LogP contribution in [0.2, 0.25) is 0 Å². The zero-order valence-electron chi connectivity index (χ0n) is 12.9. The van der Waals surface area contributed by atoms with Crippen molar-refractivity contribution in [3.63, 3.8) is 0 Å². The van der Waals surface area contributed by atoms with Gasteiger partial charge >= 0.3 is 0 Å². The van der Waals surface area contributed by atoms with E-state index in [-0.39, 0.29) is 5.71 Å². The molecule has 0 unspecified atom stereocenters. The summed E-state index contributed by atoms with van der Waals surface area (Å²) in [6.45, 7) is 0. The van der Waals surface area contributed by atoms with E-state index in [1.807, 2.05) is 0 Å². The van der Waals surface area contributed by atoms with Gasteiger partial charge in [0, 0.05) is 18.2 Å². The first-order chi connectivity index (χ1) is 11.7. The SMILES string of the molecule is CNSNC(=O)/C(=N/OC)c1ccccc1Oc1cc(=S)nc[nH]1. The second-order valence-corrected chi connectivity index (χ2v) is 5.44. The fourth-order valence-electron chi connectivity index (χ4n) is 1.73. The van der Waals surface area contributed by atoms with E-state index in [2.05, 4.69) is 24.6 Å². The van der Waals surface area contributed by atoms with Crippen molar-refractivity contribution in [2.45, 2.75) is 0 Å². The fourth-order valence-corrected chi connectivity index (χ4v) is 2.18. The van der Waals surface area contributed by atoms with Crippen molar-refractivity contribution >= 4 is 36.0 Å². The Morgan fingerprint density at radius 2 is 2.21 bits per heavy atom. The number of aromatic amines is 1. The van der Waals surface area contributed by atoms with Gasteiger partial charge in [0.2, 0.25) is 5.88 Å². The number of carbonyl (C=O) groups is 1. The molecule has 8 nitrogen and oxygen atoms in total. The standard InChI is InChI=1S/C14H15N5O3S2/c1-15-24-19-14(20)13(18-21-2)9-5-3-4-6-10(9)22-11-7-12(23)17-8-16-11/h3-8,15H,1-2H3,(H,19,20)(H,16,17,23)/b18-13+. The summed E-state index contributed by atoms with van der Waals surface area (Å²) in [6, 6.07) is 8.51. The molecule has 1 heterocycles. The van der Waals surface area contributed by atoms with E-state index >= 15 is 0 Å². The molecule has 2 rings (SSSR count). The maximum absolute atomic E-state index is 12.3. The van der Waals surface area contributed by atoms with Gasteiger partial charge in [-0.05, 0) is 19.2 Å². The van der Waals surface area contributed by atoms with Gasteiger partial charge in [-0.25, -0.2) is 9.71 Å². The van der Waals surface area contributed by atoms with Gasteiger partial charge in [-0.1, -0.05) is 29.5 Å². The first kappa shape index (κ1) is 17.9. The van der Waals surface area contributed by atoms with Gasteiger partial charge in [0.05, 0.1) is 11.9 Å². The maximum atomic E-state index is 12.3. The molecule has 1 amide bonds. The average molecular weight is 365 g/mol. The Morgan fingerprint density at radius 1 is 1.42 bits per heavy atom. The molecule has 0 bridgehead atoms. The Kier molecular flexibility index (Phi) is 6.73. The highest BCUT2D eigenvalue weighted by molar-refractivity contribution is 7.96. The van der Waals surface area contributed by atoms with Crippen LogP contribution in [-0.4, -0.2) is 35.7 Å². The molecule has 0 aliphatic heterocycles. The quantitative estimate of drug-likeness (QED) is 0.299. The van der Waals surface area contributed by atoms with E-state index in [1.54, 1.807) is 37.4 Å². The molecular weight excluding hydrogens is 350 g/mol. The zero-order chi connectivity index (χ0) is 17.4. The number of hydrogen-bond donors (Lipinski definition) is 3. The number of carbonyl (C=O) groups excluding carboxylic acids is 1. The van der Waals surface area contributed by atoms with Crippen molar-refractivity contribution in [2.24, 2.45) is 5.16 Å². The third kappa shape index (κ3) is 4.78. The number of aromatic nitrogens is 2. The van der Waals surface area contributed by atoms with E-state index < -0.39 is 5.91 Å². The molecule has 10 heteroatoms. The van der Waals surface area contributed by atoms with E-state index in [4.69, 9.17) is 21.8 Å². The lowest BCUT2D eigenvalue weighted by molar-refractivity contribution is -0.113. The minimum Gasteiger partial charge on any atom is -0.440 e. The molecule has 0 aliphatic rings. The van der Waals surface area contributed by atoms with Gasteiger partial charge < -0.3 is 14.6 Å². The number of para-hydroxylation sites is 1. The molecule has 126 valence electrons. The Balaban J connectivity index is 2.36. The molecule has 3 N–H and O–H groups in total. The number of amides is 1. The van der Waals surface area contributed by atoms with Gasteiger partial charge in [-0.3, -0.25) is 9.52 Å². The molecule has 2 aromatic rings. The van der Waals surface area contributed by atoms with Crippen molar-refractivity contribution in [2.75, 3.05) is 14.2 Å². The molecule has 0 aliphatic carbocycles. The van der Waals surface area contributed by atoms with Gasteiger partial charge in [-0.2, -0.15) is 0 Å². The molecule has 0 radical (unpaired) electrons. The summed E-state index contributed by atoms with van der Waals surface area (Å²) in [5.41, 5.74) is 0.535. The predicted molar refractivity (Wildman–Crippen MR) is 94.3 cm³/mol. The second-order valence-electron chi connectivity index (χ2n) is 4.21. The average Bonchev–Trinajstić information content (AvgIpc) is 2.58. The lowest BCUT2D eigenvalue weighted by Crippen LogP contribution is -2.29. The number of hydrogen-bond acceptors (Lipinski definition) is 8. The van der Waals surface area contributed by atoms with E-state index in [9.17, 15) is 4.79 Å². The highest BCUT2D eigenvalue weighted by Crippen LogP contribution is 2.24. The Labute approximate surface area is 147 Å². The third-order valence-corrected chi connectivity index (χ3v) is 3.37. The van der Waals surface area contributed by atoms with Crippen LogP contribution in [0.25, 0.3) is 0 Å². The summed E-state index contributed by atoms with van der Waals surface area (Å²) in [4.78, 5) is 23.8. The van der Waals surface area contributed by atoms with Crippen LogP contribution in [0.5, 0.6) is 11.6 Å². The number of rotatable bonds is 7. The molecule has 0 fully saturated rings. The summed E-state index contributed by atoms with van der Waals surface area (Å²) in [5.74, 6) is 0.369. The molecule has 1 aromatic heterocycles. The number of oxime groups is 1. The van der Waals surface area contributed by atoms with E-state index in [0.717, 1.165) is 12.1 Å². The van der Waals surface area contributed by atoms with Crippen LogP contribution in [0.3, 0.4) is 0 Å². The van der Waals surface area contributed by atoms with Crippen LogP contribution in [-0.2, 0) is 9.63 Å². The second kappa shape index (κ2) is 9.01. The monoisotopic (exact) mass is 365 g/mol. The topological polar surface area (TPSA) is 101 Å². The first-order valence-electron chi connectivity index (χ1n) is 6.71. The molecule has 1 aromatic carbocycles. The molecule has 0 saturated carbocycles. The van der Waals surface area contributed by atoms with Crippen molar-refractivity contribution in [1.82, 2.24) is 19.4 Å². The Hall–Kier alpha value is -2.43. The number of nitrogens with one attached hydrogen (secondary N) is 3. The number of nitrogens with zero attached hydrogens (tertiary/aromatic N) is 2. The molecule has 0 saturated heterocycles. The van der Waals surface area contributed by atoms with E-state index in [1.165, 1.54) is 13.4 Å². The molecule has 24 heavy (non-hydrogen) atoms. The van der Waals surface area contributed by atoms with Gasteiger partial charge in [0.15, 0.2) is 5.71 Å². The highest BCUT2D eigenvalue weighted by Gasteiger charge is 2.20. The molecular formula is C14H15N5O3S2. The zero-order valence-corrected chi connectivity index (χ0v) is 14.5. The van der Waals surface area contributed by atoms with Crippen LogP contribution in [0, 0.1) is 4.64 Å². The van der Waals surface area contributed by atoms with Crippen LogP contribution in [0.4, 0.5) is 0 Å². The Morgan fingerprint density at radius 3 is 2.92 bits per heavy atom. The summed E-state index contributed by atoms with van der Waals surface area (Å²) >= 11 is 6.02. The van der Waals surface area contributed by atoms with Crippen molar-refractivity contribution in [1.29, 1.82) is 0 Å². The van der Waals surface area contributed by atoms with Crippen LogP contribution >= 0.6 is 24.4 Å². The van der Waals surface area contributed by atoms with E-state index in [0.29, 0.717) is 21.8 Å². The Bertz CT molecular complexity index is 794. The highest BCUT2D eigenvalue weighted by atomic mass is 32.2. The minimum absolute atomic E-state index is 0.0727. The summed E-state index contributed by atoms with van der Waals surface area (Å²) in [6.07, 6.45) is 1.43. The summed E-state index contributed by atoms with van der Waals surface area (Å²) in [5, 5.41) is 3.81. The first-order valence-corrected chi connectivity index (χ1v) is 7.94. The van der Waals surface area contributed by atoms with Gasteiger partial charge in [-0.15, -0.1) is 0 Å². The number of benzene rings is 1. The smallest absolute Gasteiger partial charge is 0.284 e. The lowest BCUT2D eigenvalue weighted by atomic mass is 10.1. The maximum Gasteiger partial charge on any atom is 0.284 e. The third-order valence-electron chi connectivity index (χ3n) is 2.66. The summed E-state index contributed by atoms with van der Waals surface area (Å²) in [7, 11) is 3.04. The van der Waals surface area contributed by atoms with Crippen LogP contribution < -0.4 is 14.2 Å². The van der Waals surface area contributed by atoms with Crippen molar-refractivity contribution < 1.29 is 14.4 Å². The van der Waals surface area contributed by atoms with Gasteiger partial charge in [0.1, 0.15) is 17.5 Å². The van der Waals surface area contributed by atoms with Crippen LogP contribution in [0.1, 0.15) is 5.56 Å². The molecule has 0 spiro atoms. The van der Waals surface area contributed by atoms with Crippen molar-refractivity contribution in [3.05, 3.63) is 46.9 Å². The number of ether oxygens (including phenoxy) is 1. The fraction of sp³-hybridized carbons (Fsp3) is 0.143.